The monoisotopic (exact) mass is 422 g/mol. The zero-order chi connectivity index (χ0) is 21.6. The highest BCUT2D eigenvalue weighted by Gasteiger charge is 2.28. The lowest BCUT2D eigenvalue weighted by atomic mass is 10.1. The Morgan fingerprint density at radius 2 is 1.70 bits per heavy atom. The van der Waals surface area contributed by atoms with E-state index in [1.807, 2.05) is 6.07 Å². The van der Waals surface area contributed by atoms with E-state index in [-0.39, 0.29) is 6.42 Å². The summed E-state index contributed by atoms with van der Waals surface area (Å²) in [6, 6.07) is 19.4. The van der Waals surface area contributed by atoms with Crippen molar-refractivity contribution in [1.29, 1.82) is 0 Å². The van der Waals surface area contributed by atoms with Crippen LogP contribution in [0.5, 0.6) is 0 Å². The summed E-state index contributed by atoms with van der Waals surface area (Å²) < 4.78 is 41.9. The summed E-state index contributed by atoms with van der Waals surface area (Å²) in [5.41, 5.74) is 1.74. The van der Waals surface area contributed by atoms with Crippen LogP contribution in [0.1, 0.15) is 11.1 Å². The Bertz CT molecular complexity index is 1190. The van der Waals surface area contributed by atoms with Crippen LogP contribution in [-0.4, -0.2) is 20.4 Å². The van der Waals surface area contributed by atoms with Crippen molar-refractivity contribution in [1.82, 2.24) is 4.72 Å². The number of amides is 1. The number of nitrogens with one attached hydrogen (secondary N) is 2. The van der Waals surface area contributed by atoms with Crippen molar-refractivity contribution in [3.63, 3.8) is 0 Å². The van der Waals surface area contributed by atoms with Gasteiger partial charge in [-0.25, -0.2) is 12.8 Å². The molecule has 0 fully saturated rings. The quantitative estimate of drug-likeness (QED) is 0.574. The van der Waals surface area contributed by atoms with E-state index in [0.29, 0.717) is 11.3 Å². The molecule has 5 nitrogen and oxygen atoms in total. The lowest BCUT2D eigenvalue weighted by molar-refractivity contribution is -0.117. The summed E-state index contributed by atoms with van der Waals surface area (Å²) >= 11 is 0. The Morgan fingerprint density at radius 3 is 2.40 bits per heavy atom. The van der Waals surface area contributed by atoms with Crippen molar-refractivity contribution in [3.8, 4) is 12.3 Å². The molecule has 0 heterocycles. The first-order chi connectivity index (χ1) is 14.4. The Kier molecular flexibility index (Phi) is 6.62. The van der Waals surface area contributed by atoms with Gasteiger partial charge in [0.2, 0.25) is 15.9 Å². The van der Waals surface area contributed by atoms with E-state index in [1.165, 1.54) is 12.1 Å². The van der Waals surface area contributed by atoms with Gasteiger partial charge in [0.1, 0.15) is 16.8 Å². The van der Waals surface area contributed by atoms with E-state index in [0.717, 1.165) is 17.7 Å². The highest BCUT2D eigenvalue weighted by atomic mass is 32.2. The molecule has 1 amide bonds. The Morgan fingerprint density at radius 1 is 1.00 bits per heavy atom. The molecule has 152 valence electrons. The minimum absolute atomic E-state index is 0.0786. The largest absolute Gasteiger partial charge is 0.325 e. The standard InChI is InChI=1S/C23H19FN2O3S/c1-2-17-11-8-12-19(15-17)25-23(27)21(16-18-9-4-3-5-10-18)26-30(28,29)22-14-7-6-13-20(22)24/h1,3-15,21,26H,16H2,(H,25,27)/t21-/m0/s1. The highest BCUT2D eigenvalue weighted by molar-refractivity contribution is 7.89. The lowest BCUT2D eigenvalue weighted by Gasteiger charge is -2.19. The number of carbonyl (C=O) groups excluding carboxylic acids is 1. The Hall–Kier alpha value is -3.47. The number of sulfonamides is 1. The number of benzene rings is 3. The third-order valence-corrected chi connectivity index (χ3v) is 5.82. The van der Waals surface area contributed by atoms with Crippen LogP contribution in [0, 0.1) is 18.2 Å². The van der Waals surface area contributed by atoms with Gasteiger partial charge in [0, 0.05) is 11.3 Å². The first kappa shape index (κ1) is 21.2. The Balaban J connectivity index is 1.89. The SMILES string of the molecule is C#Cc1cccc(NC(=O)[C@H](Cc2ccccc2)NS(=O)(=O)c2ccccc2F)c1. The molecule has 2 N–H and O–H groups in total. The first-order valence-corrected chi connectivity index (χ1v) is 10.6. The molecule has 0 bridgehead atoms. The minimum atomic E-state index is -4.28. The van der Waals surface area contributed by atoms with Gasteiger partial charge < -0.3 is 5.32 Å². The summed E-state index contributed by atoms with van der Waals surface area (Å²) in [5, 5.41) is 2.67. The topological polar surface area (TPSA) is 75.3 Å². The first-order valence-electron chi connectivity index (χ1n) is 9.07. The van der Waals surface area contributed by atoms with Gasteiger partial charge in [-0.2, -0.15) is 4.72 Å². The molecule has 7 heteroatoms. The van der Waals surface area contributed by atoms with Crippen molar-refractivity contribution in [2.24, 2.45) is 0 Å². The van der Waals surface area contributed by atoms with Crippen LogP contribution in [-0.2, 0) is 21.2 Å². The molecule has 0 spiro atoms. The second kappa shape index (κ2) is 9.35. The van der Waals surface area contributed by atoms with E-state index < -0.39 is 32.7 Å². The fraction of sp³-hybridized carbons (Fsp3) is 0.0870. The number of anilines is 1. The number of halogens is 1. The van der Waals surface area contributed by atoms with Crippen molar-refractivity contribution in [2.45, 2.75) is 17.4 Å². The second-order valence-electron chi connectivity index (χ2n) is 6.51. The fourth-order valence-electron chi connectivity index (χ4n) is 2.87. The molecule has 0 aliphatic carbocycles. The molecule has 0 radical (unpaired) electrons. The molecule has 30 heavy (non-hydrogen) atoms. The molecule has 0 saturated carbocycles. The summed E-state index contributed by atoms with van der Waals surface area (Å²) in [6.45, 7) is 0. The fourth-order valence-corrected chi connectivity index (χ4v) is 4.14. The van der Waals surface area contributed by atoms with E-state index in [2.05, 4.69) is 16.0 Å². The van der Waals surface area contributed by atoms with E-state index in [9.17, 15) is 17.6 Å². The molecule has 0 aliphatic heterocycles. The van der Waals surface area contributed by atoms with Gasteiger partial charge in [-0.15, -0.1) is 6.42 Å². The van der Waals surface area contributed by atoms with E-state index in [4.69, 9.17) is 6.42 Å². The van der Waals surface area contributed by atoms with Crippen LogP contribution in [0.15, 0.2) is 83.8 Å². The maximum atomic E-state index is 14.1. The number of carbonyl (C=O) groups is 1. The molecular formula is C23H19FN2O3S. The van der Waals surface area contributed by atoms with E-state index >= 15 is 0 Å². The molecule has 3 rings (SSSR count). The van der Waals surface area contributed by atoms with Crippen molar-refractivity contribution in [2.75, 3.05) is 5.32 Å². The van der Waals surface area contributed by atoms with Crippen molar-refractivity contribution < 1.29 is 17.6 Å². The predicted octanol–water partition coefficient (Wildman–Crippen LogP) is 3.34. The second-order valence-corrected chi connectivity index (χ2v) is 8.19. The Labute approximate surface area is 175 Å². The molecular weight excluding hydrogens is 403 g/mol. The van der Waals surface area contributed by atoms with Crippen LogP contribution in [0.2, 0.25) is 0 Å². The maximum absolute atomic E-state index is 14.1. The zero-order valence-corrected chi connectivity index (χ0v) is 16.7. The molecule has 3 aromatic rings. The lowest BCUT2D eigenvalue weighted by Crippen LogP contribution is -2.45. The van der Waals surface area contributed by atoms with Crippen LogP contribution in [0.25, 0.3) is 0 Å². The van der Waals surface area contributed by atoms with Gasteiger partial charge in [0.25, 0.3) is 0 Å². The van der Waals surface area contributed by atoms with E-state index in [1.54, 1.807) is 48.5 Å². The van der Waals surface area contributed by atoms with Crippen molar-refractivity contribution in [3.05, 3.63) is 95.8 Å². The van der Waals surface area contributed by atoms with Gasteiger partial charge in [0.15, 0.2) is 0 Å². The molecule has 3 aromatic carbocycles. The van der Waals surface area contributed by atoms with Crippen LogP contribution in [0.3, 0.4) is 0 Å². The molecule has 0 aliphatic rings. The predicted molar refractivity (Wildman–Crippen MR) is 114 cm³/mol. The number of terminal acetylenes is 1. The normalized spacial score (nSPS) is 12.0. The maximum Gasteiger partial charge on any atom is 0.244 e. The molecule has 0 aromatic heterocycles. The molecule has 0 saturated heterocycles. The van der Waals surface area contributed by atoms with Gasteiger partial charge in [-0.05, 0) is 42.3 Å². The average Bonchev–Trinajstić information content (AvgIpc) is 2.74. The third-order valence-electron chi connectivity index (χ3n) is 4.32. The van der Waals surface area contributed by atoms with Gasteiger partial charge >= 0.3 is 0 Å². The molecule has 1 atom stereocenters. The number of hydrogen-bond acceptors (Lipinski definition) is 3. The average molecular weight is 422 g/mol. The summed E-state index contributed by atoms with van der Waals surface area (Å²) in [5.74, 6) is 0.984. The highest BCUT2D eigenvalue weighted by Crippen LogP contribution is 2.16. The third kappa shape index (κ3) is 5.32. The van der Waals surface area contributed by atoms with Crippen LogP contribution >= 0.6 is 0 Å². The van der Waals surface area contributed by atoms with Gasteiger partial charge in [0.05, 0.1) is 0 Å². The summed E-state index contributed by atoms with van der Waals surface area (Å²) in [4.78, 5) is 12.4. The summed E-state index contributed by atoms with van der Waals surface area (Å²) in [7, 11) is -4.28. The van der Waals surface area contributed by atoms with Crippen LogP contribution in [0.4, 0.5) is 10.1 Å². The summed E-state index contributed by atoms with van der Waals surface area (Å²) in [6.07, 6.45) is 5.46. The van der Waals surface area contributed by atoms with Crippen molar-refractivity contribution >= 4 is 21.6 Å². The van der Waals surface area contributed by atoms with Gasteiger partial charge in [-0.1, -0.05) is 54.5 Å². The smallest absolute Gasteiger partial charge is 0.244 e. The van der Waals surface area contributed by atoms with Gasteiger partial charge in [-0.3, -0.25) is 4.79 Å². The number of hydrogen-bond donors (Lipinski definition) is 2. The number of rotatable bonds is 7. The van der Waals surface area contributed by atoms with Crippen LogP contribution < -0.4 is 10.0 Å². The molecule has 0 unspecified atom stereocenters. The minimum Gasteiger partial charge on any atom is -0.325 e. The zero-order valence-electron chi connectivity index (χ0n) is 15.9.